The van der Waals surface area contributed by atoms with Crippen LogP contribution in [0, 0.1) is 5.82 Å². The lowest BCUT2D eigenvalue weighted by Crippen LogP contribution is -2.22. The van der Waals surface area contributed by atoms with Gasteiger partial charge in [-0.05, 0) is 43.3 Å². The normalized spacial score (nSPS) is 12.8. The Kier molecular flexibility index (Phi) is 4.50. The molecule has 4 heteroatoms. The first kappa shape index (κ1) is 16.5. The lowest BCUT2D eigenvalue weighted by Gasteiger charge is -2.26. The number of nitrogens with zero attached hydrogens (tertiary/aromatic N) is 2. The fourth-order valence-corrected chi connectivity index (χ4v) is 3.35. The van der Waals surface area contributed by atoms with Crippen molar-refractivity contribution in [3.8, 4) is 0 Å². The maximum atomic E-state index is 13.9. The van der Waals surface area contributed by atoms with Gasteiger partial charge in [0.1, 0.15) is 5.82 Å². The van der Waals surface area contributed by atoms with Crippen LogP contribution in [-0.4, -0.2) is 18.8 Å². The van der Waals surface area contributed by atoms with Crippen LogP contribution < -0.4 is 10.6 Å². The largest absolute Gasteiger partial charge is 0.339 e. The van der Waals surface area contributed by atoms with Crippen molar-refractivity contribution in [3.05, 3.63) is 89.7 Å². The predicted octanol–water partition coefficient (Wildman–Crippen LogP) is 4.80. The van der Waals surface area contributed by atoms with E-state index in [1.54, 1.807) is 6.07 Å². The zero-order valence-corrected chi connectivity index (χ0v) is 14.4. The van der Waals surface area contributed by atoms with Crippen LogP contribution >= 0.6 is 0 Å². The van der Waals surface area contributed by atoms with Crippen LogP contribution in [0.3, 0.4) is 0 Å². The highest BCUT2D eigenvalue weighted by Crippen LogP contribution is 2.40. The van der Waals surface area contributed by atoms with E-state index in [1.165, 1.54) is 12.1 Å². The number of hydrogen-bond donors (Lipinski definition) is 1. The molecule has 0 aromatic heterocycles. The summed E-state index contributed by atoms with van der Waals surface area (Å²) < 4.78 is 13.9. The molecule has 3 nitrogen and oxygen atoms in total. The van der Waals surface area contributed by atoms with Crippen molar-refractivity contribution >= 4 is 22.8 Å². The summed E-state index contributed by atoms with van der Waals surface area (Å²) in [5.74, 6) is -0.264. The van der Waals surface area contributed by atoms with Gasteiger partial charge in [-0.2, -0.15) is 0 Å². The Balaban J connectivity index is 1.96. The molecule has 0 saturated heterocycles. The second kappa shape index (κ2) is 7.10. The van der Waals surface area contributed by atoms with Gasteiger partial charge >= 0.3 is 0 Å². The Morgan fingerprint density at radius 1 is 0.885 bits per heavy atom. The predicted molar refractivity (Wildman–Crippen MR) is 105 cm³/mol. The number of nitrogens with two attached hydrogens (primary N) is 1. The molecule has 1 heterocycles. The molecule has 3 aromatic rings. The van der Waals surface area contributed by atoms with Crippen LogP contribution in [0.2, 0.25) is 0 Å². The maximum Gasteiger partial charge on any atom is 0.123 e. The number of halogens is 1. The molecule has 4 rings (SSSR count). The third-order valence-corrected chi connectivity index (χ3v) is 4.54. The Hall–Kier alpha value is -2.98. The van der Waals surface area contributed by atoms with Crippen molar-refractivity contribution in [2.24, 2.45) is 10.7 Å². The van der Waals surface area contributed by atoms with Crippen LogP contribution in [0.15, 0.2) is 77.8 Å². The van der Waals surface area contributed by atoms with Crippen LogP contribution in [0.5, 0.6) is 0 Å². The van der Waals surface area contributed by atoms with E-state index >= 15 is 0 Å². The van der Waals surface area contributed by atoms with Gasteiger partial charge in [0.25, 0.3) is 0 Å². The molecule has 0 aliphatic carbocycles. The molecule has 0 saturated carbocycles. The van der Waals surface area contributed by atoms with Crippen molar-refractivity contribution in [1.29, 1.82) is 0 Å². The van der Waals surface area contributed by atoms with Gasteiger partial charge < -0.3 is 10.6 Å². The second-order valence-electron chi connectivity index (χ2n) is 6.27. The summed E-state index contributed by atoms with van der Waals surface area (Å²) >= 11 is 0. The van der Waals surface area contributed by atoms with E-state index < -0.39 is 0 Å². The van der Waals surface area contributed by atoms with Crippen molar-refractivity contribution in [1.82, 2.24) is 0 Å². The highest BCUT2D eigenvalue weighted by molar-refractivity contribution is 6.18. The van der Waals surface area contributed by atoms with E-state index in [9.17, 15) is 4.39 Å². The van der Waals surface area contributed by atoms with E-state index in [-0.39, 0.29) is 5.82 Å². The van der Waals surface area contributed by atoms with Crippen molar-refractivity contribution in [2.75, 3.05) is 18.0 Å². The highest BCUT2D eigenvalue weighted by Gasteiger charge is 2.23. The molecule has 130 valence electrons. The molecule has 0 amide bonds. The van der Waals surface area contributed by atoms with E-state index in [2.05, 4.69) is 17.0 Å². The third-order valence-electron chi connectivity index (χ3n) is 4.54. The van der Waals surface area contributed by atoms with Gasteiger partial charge in [-0.3, -0.25) is 0 Å². The summed E-state index contributed by atoms with van der Waals surface area (Å²) in [4.78, 5) is 7.18. The molecule has 1 aliphatic heterocycles. The number of rotatable bonds is 4. The Bertz CT molecular complexity index is 965. The van der Waals surface area contributed by atoms with Crippen LogP contribution in [-0.2, 0) is 0 Å². The van der Waals surface area contributed by atoms with Crippen LogP contribution in [0.4, 0.5) is 21.5 Å². The second-order valence-corrected chi connectivity index (χ2v) is 6.27. The van der Waals surface area contributed by atoms with Crippen LogP contribution in [0.25, 0.3) is 0 Å². The quantitative estimate of drug-likeness (QED) is 0.738. The highest BCUT2D eigenvalue weighted by atomic mass is 19.1. The lowest BCUT2D eigenvalue weighted by atomic mass is 10.00. The zero-order valence-electron chi connectivity index (χ0n) is 14.4. The Morgan fingerprint density at radius 2 is 1.65 bits per heavy atom. The number of hydrogen-bond acceptors (Lipinski definition) is 3. The minimum atomic E-state index is -0.264. The monoisotopic (exact) mass is 345 g/mol. The summed E-state index contributed by atoms with van der Waals surface area (Å²) in [6, 6.07) is 22.8. The molecule has 0 bridgehead atoms. The van der Waals surface area contributed by atoms with Gasteiger partial charge in [0.15, 0.2) is 0 Å². The molecule has 0 radical (unpaired) electrons. The molecule has 0 atom stereocenters. The summed E-state index contributed by atoms with van der Waals surface area (Å²) in [7, 11) is 0. The number of fused-ring (bicyclic) bond motifs is 2. The Labute approximate surface area is 152 Å². The van der Waals surface area contributed by atoms with E-state index in [0.717, 1.165) is 46.9 Å². The molecule has 26 heavy (non-hydrogen) atoms. The van der Waals surface area contributed by atoms with Crippen LogP contribution in [0.1, 0.15) is 17.5 Å². The number of benzene rings is 3. The average Bonchev–Trinajstić information content (AvgIpc) is 2.81. The van der Waals surface area contributed by atoms with Crippen molar-refractivity contribution in [3.63, 3.8) is 0 Å². The van der Waals surface area contributed by atoms with Gasteiger partial charge in [-0.25, -0.2) is 9.38 Å². The maximum absolute atomic E-state index is 13.9. The average molecular weight is 345 g/mol. The standard InChI is InChI=1S/C22H20FN3/c23-17-8-5-7-16(15-17)22-18-9-1-3-11-20(18)26(14-6-13-24)21-12-4-2-10-19(21)25-22/h1-5,7-12,15H,6,13-14,24H2. The summed E-state index contributed by atoms with van der Waals surface area (Å²) in [6.07, 6.45) is 0.873. The van der Waals surface area contributed by atoms with E-state index in [0.29, 0.717) is 6.54 Å². The molecule has 1 aliphatic rings. The van der Waals surface area contributed by atoms with Gasteiger partial charge in [0.05, 0.1) is 22.8 Å². The fraction of sp³-hybridized carbons (Fsp3) is 0.136. The van der Waals surface area contributed by atoms with Crippen molar-refractivity contribution < 1.29 is 4.39 Å². The Morgan fingerprint density at radius 3 is 2.46 bits per heavy atom. The first-order valence-corrected chi connectivity index (χ1v) is 8.78. The fourth-order valence-electron chi connectivity index (χ4n) is 3.35. The molecule has 0 spiro atoms. The summed E-state index contributed by atoms with van der Waals surface area (Å²) in [6.45, 7) is 1.43. The zero-order chi connectivity index (χ0) is 17.9. The third kappa shape index (κ3) is 3.00. The van der Waals surface area contributed by atoms with Gasteiger partial charge in [0.2, 0.25) is 0 Å². The molecule has 2 N–H and O–H groups in total. The van der Waals surface area contributed by atoms with Gasteiger partial charge in [-0.15, -0.1) is 0 Å². The topological polar surface area (TPSA) is 41.6 Å². The minimum Gasteiger partial charge on any atom is -0.339 e. The molecule has 3 aromatic carbocycles. The van der Waals surface area contributed by atoms with E-state index in [1.807, 2.05) is 42.5 Å². The minimum absolute atomic E-state index is 0.264. The van der Waals surface area contributed by atoms with E-state index in [4.69, 9.17) is 10.7 Å². The number of para-hydroxylation sites is 3. The number of aliphatic imine (C=N–C) groups is 1. The summed E-state index contributed by atoms with van der Waals surface area (Å²) in [5.41, 5.74) is 11.3. The first-order chi connectivity index (χ1) is 12.8. The first-order valence-electron chi connectivity index (χ1n) is 8.78. The SMILES string of the molecule is NCCCN1c2ccccc2N=C(c2cccc(F)c2)c2ccccc21. The number of anilines is 2. The molecule has 0 unspecified atom stereocenters. The van der Waals surface area contributed by atoms with Crippen molar-refractivity contribution in [2.45, 2.75) is 6.42 Å². The van der Waals surface area contributed by atoms with Gasteiger partial charge in [0, 0.05) is 17.7 Å². The summed E-state index contributed by atoms with van der Waals surface area (Å²) in [5, 5.41) is 0. The molecular formula is C22H20FN3. The van der Waals surface area contributed by atoms with Gasteiger partial charge in [-0.1, -0.05) is 42.5 Å². The molecular weight excluding hydrogens is 325 g/mol. The lowest BCUT2D eigenvalue weighted by molar-refractivity contribution is 0.627. The smallest absolute Gasteiger partial charge is 0.123 e. The molecule has 0 fully saturated rings.